The van der Waals surface area contributed by atoms with Crippen LogP contribution in [0.5, 0.6) is 11.5 Å². The number of fused-ring (bicyclic) bond motifs is 1. The van der Waals surface area contributed by atoms with Gasteiger partial charge in [-0.2, -0.15) is 0 Å². The fourth-order valence-corrected chi connectivity index (χ4v) is 8.91. The zero-order valence-corrected chi connectivity index (χ0v) is 31.7. The Morgan fingerprint density at radius 2 is 1.64 bits per heavy atom. The lowest BCUT2D eigenvalue weighted by molar-refractivity contribution is -0.169. The maximum absolute atomic E-state index is 13.3. The number of carbonyl (C=O) groups is 1. The van der Waals surface area contributed by atoms with E-state index in [2.05, 4.69) is 36.0 Å². The summed E-state index contributed by atoms with van der Waals surface area (Å²) in [6.45, 7) is 3.71. The van der Waals surface area contributed by atoms with Crippen LogP contribution < -0.4 is 10.3 Å². The first-order chi connectivity index (χ1) is 25.1. The summed E-state index contributed by atoms with van der Waals surface area (Å²) in [6.07, 6.45) is 5.66. The van der Waals surface area contributed by atoms with Crippen molar-refractivity contribution in [3.05, 3.63) is 115 Å². The van der Waals surface area contributed by atoms with Crippen LogP contribution in [0.4, 0.5) is 4.70 Å². The molecule has 0 saturated heterocycles. The van der Waals surface area contributed by atoms with E-state index in [0.717, 1.165) is 57.2 Å². The monoisotopic (exact) mass is 764 g/mol. The van der Waals surface area contributed by atoms with Gasteiger partial charge in [-0.25, -0.2) is 4.79 Å². The summed E-state index contributed by atoms with van der Waals surface area (Å²) in [4.78, 5) is 31.2. The third-order valence-corrected chi connectivity index (χ3v) is 12.2. The Labute approximate surface area is 317 Å². The highest BCUT2D eigenvalue weighted by Crippen LogP contribution is 2.38. The highest BCUT2D eigenvalue weighted by molar-refractivity contribution is 7.12. The molecule has 0 amide bonds. The number of hydrogen-bond donors (Lipinski definition) is 4. The molecular weight excluding hydrogens is 716 g/mol. The van der Waals surface area contributed by atoms with E-state index in [4.69, 9.17) is 9.47 Å². The molecule has 9 nitrogen and oxygen atoms in total. The smallest absolute Gasteiger partial charge is 0.349 e. The van der Waals surface area contributed by atoms with E-state index < -0.39 is 17.7 Å². The first kappa shape index (κ1) is 40.1. The number of nitrogens with one attached hydrogen (secondary N) is 1. The zero-order chi connectivity index (χ0) is 36.7. The molecular formula is C41H49FN2O7S2. The van der Waals surface area contributed by atoms with Crippen molar-refractivity contribution in [2.45, 2.75) is 82.1 Å². The van der Waals surface area contributed by atoms with E-state index in [0.29, 0.717) is 51.2 Å². The fourth-order valence-electron chi connectivity index (χ4n) is 7.19. The first-order valence-electron chi connectivity index (χ1n) is 18.1. The summed E-state index contributed by atoms with van der Waals surface area (Å²) in [7, 11) is 2.15. The minimum atomic E-state index is -1.77. The van der Waals surface area contributed by atoms with Gasteiger partial charge in [-0.3, -0.25) is 9.50 Å². The molecule has 1 saturated carbocycles. The van der Waals surface area contributed by atoms with Gasteiger partial charge in [0.2, 0.25) is 11.2 Å². The summed E-state index contributed by atoms with van der Waals surface area (Å²) in [6, 6.07) is 22.2. The average Bonchev–Trinajstić information content (AvgIpc) is 3.90. The van der Waals surface area contributed by atoms with Gasteiger partial charge in [-0.05, 0) is 123 Å². The highest BCUT2D eigenvalue weighted by Gasteiger charge is 2.45. The Kier molecular flexibility index (Phi) is 13.9. The van der Waals surface area contributed by atoms with E-state index >= 15 is 0 Å². The lowest BCUT2D eigenvalue weighted by Gasteiger charge is -2.35. The zero-order valence-electron chi connectivity index (χ0n) is 30.1. The third kappa shape index (κ3) is 9.73. The second-order valence-corrected chi connectivity index (χ2v) is 15.9. The van der Waals surface area contributed by atoms with Crippen LogP contribution >= 0.6 is 22.7 Å². The Balaban J connectivity index is 0.00000541. The van der Waals surface area contributed by atoms with Crippen molar-refractivity contribution in [3.8, 4) is 11.5 Å². The molecule has 0 radical (unpaired) electrons. The van der Waals surface area contributed by atoms with Gasteiger partial charge in [0.25, 0.3) is 0 Å². The number of ether oxygens (including phenoxy) is 2. The minimum Gasteiger partial charge on any atom is -0.506 e. The molecule has 3 aromatic heterocycles. The van der Waals surface area contributed by atoms with Crippen LogP contribution in [-0.4, -0.2) is 63.5 Å². The topological polar surface area (TPSA) is 132 Å². The molecule has 5 aromatic rings. The van der Waals surface area contributed by atoms with Crippen molar-refractivity contribution in [1.82, 2.24) is 9.88 Å². The predicted molar refractivity (Wildman–Crippen MR) is 209 cm³/mol. The number of H-pyrrole nitrogens is 1. The van der Waals surface area contributed by atoms with Crippen LogP contribution in [0.2, 0.25) is 0 Å². The van der Waals surface area contributed by atoms with Crippen molar-refractivity contribution >= 4 is 39.5 Å². The molecule has 1 fully saturated rings. The molecule has 1 aliphatic carbocycles. The van der Waals surface area contributed by atoms with Gasteiger partial charge in [-0.15, -0.1) is 22.7 Å². The normalized spacial score (nSPS) is 17.3. The number of aliphatic hydroxyl groups excluding tert-OH is 1. The summed E-state index contributed by atoms with van der Waals surface area (Å²) in [5.41, 5.74) is 0.199. The van der Waals surface area contributed by atoms with Crippen molar-refractivity contribution in [1.29, 1.82) is 0 Å². The van der Waals surface area contributed by atoms with Crippen LogP contribution in [0.25, 0.3) is 10.9 Å². The number of pyridine rings is 1. The molecule has 284 valence electrons. The fraction of sp³-hybridized carbons (Fsp3) is 0.415. The molecule has 2 atom stereocenters. The number of benzene rings is 2. The Morgan fingerprint density at radius 3 is 2.28 bits per heavy atom. The molecule has 6 rings (SSSR count). The van der Waals surface area contributed by atoms with Gasteiger partial charge in [-0.1, -0.05) is 37.3 Å². The van der Waals surface area contributed by atoms with Crippen LogP contribution in [0, 0.1) is 5.92 Å². The summed E-state index contributed by atoms with van der Waals surface area (Å²) < 4.78 is 12.0. The van der Waals surface area contributed by atoms with Crippen molar-refractivity contribution < 1.29 is 34.3 Å². The molecule has 12 heteroatoms. The highest BCUT2D eigenvalue weighted by atomic mass is 32.1. The standard InChI is InChI=1S/C41H48N2O7S2.FH/c1-27(8-19-34(44)32-17-20-35(45)39-33(32)18-21-38(46)42-39)26-28-9-13-30(14-10-28)49-23-5-22-43(2)29-11-15-31(16-12-29)50-40(47)41(48,36-6-3-24-51-36)37-7-4-25-52-37;/h3-4,6-7,9-10,13-14,17-18,20-21,24-25,27,29,31,34,44-45,48H,5,8,11-12,15-16,19,22-23,26H2,1-2H3,(H,42,46);1H/t27?,29?,31?,34-;/m0./s1. The van der Waals surface area contributed by atoms with Crippen molar-refractivity contribution in [3.63, 3.8) is 0 Å². The van der Waals surface area contributed by atoms with Gasteiger partial charge in [0.15, 0.2) is 0 Å². The van der Waals surface area contributed by atoms with Crippen molar-refractivity contribution in [2.75, 3.05) is 20.2 Å². The number of hydrogen-bond acceptors (Lipinski definition) is 10. The van der Waals surface area contributed by atoms with Crippen LogP contribution in [0.15, 0.2) is 88.4 Å². The number of aliphatic hydroxyl groups is 2. The predicted octanol–water partition coefficient (Wildman–Crippen LogP) is 7.69. The maximum atomic E-state index is 13.3. The van der Waals surface area contributed by atoms with E-state index in [9.17, 15) is 24.9 Å². The molecule has 1 aliphatic rings. The van der Waals surface area contributed by atoms with Gasteiger partial charge in [0.05, 0.1) is 28.0 Å². The van der Waals surface area contributed by atoms with Crippen LogP contribution in [0.1, 0.15) is 78.9 Å². The van der Waals surface area contributed by atoms with E-state index in [1.807, 2.05) is 35.0 Å². The number of rotatable bonds is 16. The Hall–Kier alpha value is -4.07. The molecule has 0 aliphatic heterocycles. The van der Waals surface area contributed by atoms with E-state index in [-0.39, 0.29) is 22.1 Å². The molecule has 1 unspecified atom stereocenters. The maximum Gasteiger partial charge on any atom is 0.349 e. The number of esters is 1. The molecule has 53 heavy (non-hydrogen) atoms. The summed E-state index contributed by atoms with van der Waals surface area (Å²) >= 11 is 2.71. The molecule has 0 bridgehead atoms. The lowest BCUT2D eigenvalue weighted by Crippen LogP contribution is -2.42. The number of aromatic amines is 1. The molecule has 4 N–H and O–H groups in total. The quantitative estimate of drug-likeness (QED) is 0.0594. The molecule has 2 aromatic carbocycles. The summed E-state index contributed by atoms with van der Waals surface area (Å²) in [5.74, 6) is 0.594. The number of carbonyl (C=O) groups excluding carboxylic acids is 1. The average molecular weight is 765 g/mol. The van der Waals surface area contributed by atoms with Crippen LogP contribution in [0.3, 0.4) is 0 Å². The van der Waals surface area contributed by atoms with Crippen molar-refractivity contribution in [2.24, 2.45) is 5.92 Å². The number of aromatic nitrogens is 1. The van der Waals surface area contributed by atoms with Gasteiger partial charge in [0, 0.05) is 24.0 Å². The second kappa shape index (κ2) is 18.3. The minimum absolute atomic E-state index is 0. The number of thiophene rings is 2. The number of halogens is 1. The number of nitrogens with zero attached hydrogens (tertiary/aromatic N) is 1. The Morgan fingerprint density at radius 1 is 0.962 bits per heavy atom. The Bertz CT molecular complexity index is 1910. The molecule has 3 heterocycles. The second-order valence-electron chi connectivity index (χ2n) is 14.0. The molecule has 0 spiro atoms. The number of aromatic hydroxyl groups is 1. The van der Waals surface area contributed by atoms with Gasteiger partial charge >= 0.3 is 5.97 Å². The van der Waals surface area contributed by atoms with E-state index in [1.54, 1.807) is 24.3 Å². The number of phenols is 1. The first-order valence-corrected chi connectivity index (χ1v) is 19.8. The lowest BCUT2D eigenvalue weighted by atomic mass is 9.91. The van der Waals surface area contributed by atoms with Crippen LogP contribution in [-0.2, 0) is 21.6 Å². The van der Waals surface area contributed by atoms with E-state index in [1.165, 1.54) is 40.4 Å². The van der Waals surface area contributed by atoms with Gasteiger partial charge in [0.1, 0.15) is 17.6 Å². The summed E-state index contributed by atoms with van der Waals surface area (Å²) in [5, 5.41) is 37.0. The largest absolute Gasteiger partial charge is 0.506 e. The van der Waals surface area contributed by atoms with Gasteiger partial charge < -0.3 is 34.7 Å². The SMILES string of the molecule is CC(CC[C@H](O)c1ccc(O)c2[nH]c(=O)ccc12)Cc1ccc(OCCCN(C)C2CCC(OC(=O)C(O)(c3cccs3)c3cccs3)CC2)cc1.F. The third-order valence-electron chi connectivity index (χ3n) is 10.2. The number of phenolic OH excluding ortho intramolecular Hbond substituents is 1.